The van der Waals surface area contributed by atoms with Gasteiger partial charge in [-0.15, -0.1) is 0 Å². The molecule has 0 bridgehead atoms. The summed E-state index contributed by atoms with van der Waals surface area (Å²) in [6.07, 6.45) is 0. The molecule has 0 heterocycles. The summed E-state index contributed by atoms with van der Waals surface area (Å²) in [6.45, 7) is 3.41. The van der Waals surface area contributed by atoms with Gasteiger partial charge in [0.2, 0.25) is 0 Å². The highest BCUT2D eigenvalue weighted by Crippen LogP contribution is 2.30. The lowest BCUT2D eigenvalue weighted by Crippen LogP contribution is -2.03. The molecule has 0 saturated heterocycles. The predicted molar refractivity (Wildman–Crippen MR) is 70.0 cm³/mol. The molecule has 2 aromatic carbocycles. The number of halogens is 2. The molecule has 2 rings (SSSR count). The van der Waals surface area contributed by atoms with Crippen LogP contribution in [0, 0.1) is 25.5 Å². The third-order valence-corrected chi connectivity index (χ3v) is 2.84. The number of benzene rings is 2. The summed E-state index contributed by atoms with van der Waals surface area (Å²) >= 11 is 0. The maximum absolute atomic E-state index is 13.9. The topological polar surface area (TPSA) is 38.0 Å². The maximum Gasteiger partial charge on any atom is 0.152 e. The van der Waals surface area contributed by atoms with Crippen molar-refractivity contribution in [3.63, 3.8) is 0 Å². The van der Waals surface area contributed by atoms with E-state index in [0.29, 0.717) is 16.9 Å². The zero-order chi connectivity index (χ0) is 13.3. The van der Waals surface area contributed by atoms with Crippen molar-refractivity contribution in [3.05, 3.63) is 53.1 Å². The highest BCUT2D eigenvalue weighted by molar-refractivity contribution is 5.76. The average Bonchev–Trinajstić information content (AvgIpc) is 2.33. The van der Waals surface area contributed by atoms with E-state index < -0.39 is 11.6 Å². The Kier molecular flexibility index (Phi) is 3.19. The minimum atomic E-state index is -0.638. The molecule has 0 amide bonds. The number of nitrogens with one attached hydrogen (secondary N) is 1. The number of hydrogen-bond acceptors (Lipinski definition) is 2. The van der Waals surface area contributed by atoms with Crippen molar-refractivity contribution in [3.8, 4) is 0 Å². The summed E-state index contributed by atoms with van der Waals surface area (Å²) in [7, 11) is 0. The molecule has 4 heteroatoms. The number of nitrogens with two attached hydrogens (primary N) is 1. The van der Waals surface area contributed by atoms with Crippen molar-refractivity contribution in [1.29, 1.82) is 0 Å². The minimum absolute atomic E-state index is 0.170. The van der Waals surface area contributed by atoms with Gasteiger partial charge in [-0.2, -0.15) is 0 Å². The Labute approximate surface area is 104 Å². The summed E-state index contributed by atoms with van der Waals surface area (Å²) in [6, 6.07) is 7.93. The molecular formula is C14H14F2N2. The standard InChI is InChI=1S/C14H14F2N2/c1-8-6-7-10(15)14(12(8)16)18-13-9(2)4-3-5-11(13)17/h3-7,18H,17H2,1-2H3. The highest BCUT2D eigenvalue weighted by Gasteiger charge is 2.13. The summed E-state index contributed by atoms with van der Waals surface area (Å²) in [5, 5.41) is 2.74. The van der Waals surface area contributed by atoms with Crippen LogP contribution in [-0.4, -0.2) is 0 Å². The third kappa shape index (κ3) is 2.14. The Morgan fingerprint density at radius 2 is 1.67 bits per heavy atom. The van der Waals surface area contributed by atoms with Gasteiger partial charge in [-0.3, -0.25) is 0 Å². The average molecular weight is 248 g/mol. The Morgan fingerprint density at radius 3 is 2.33 bits per heavy atom. The fraction of sp³-hybridized carbons (Fsp3) is 0.143. The van der Waals surface area contributed by atoms with Crippen molar-refractivity contribution in [2.24, 2.45) is 0 Å². The number of rotatable bonds is 2. The van der Waals surface area contributed by atoms with Crippen LogP contribution in [0.2, 0.25) is 0 Å². The zero-order valence-electron chi connectivity index (χ0n) is 10.2. The minimum Gasteiger partial charge on any atom is -0.397 e. The molecule has 3 N–H and O–H groups in total. The van der Waals surface area contributed by atoms with Crippen LogP contribution in [0.25, 0.3) is 0 Å². The first kappa shape index (κ1) is 12.4. The predicted octanol–water partition coefficient (Wildman–Crippen LogP) is 3.91. The van der Waals surface area contributed by atoms with E-state index in [0.717, 1.165) is 5.56 Å². The van der Waals surface area contributed by atoms with Crippen molar-refractivity contribution in [2.45, 2.75) is 13.8 Å². The van der Waals surface area contributed by atoms with E-state index in [1.165, 1.54) is 12.1 Å². The van der Waals surface area contributed by atoms with Gasteiger partial charge in [0.25, 0.3) is 0 Å². The van der Waals surface area contributed by atoms with Gasteiger partial charge in [-0.25, -0.2) is 8.78 Å². The molecule has 0 atom stereocenters. The lowest BCUT2D eigenvalue weighted by Gasteiger charge is -2.14. The summed E-state index contributed by atoms with van der Waals surface area (Å²) < 4.78 is 27.5. The van der Waals surface area contributed by atoms with Gasteiger partial charge >= 0.3 is 0 Å². The lowest BCUT2D eigenvalue weighted by molar-refractivity contribution is 0.585. The number of aryl methyl sites for hydroxylation is 2. The zero-order valence-corrected chi connectivity index (χ0v) is 10.2. The van der Waals surface area contributed by atoms with Gasteiger partial charge in [0, 0.05) is 0 Å². The third-order valence-electron chi connectivity index (χ3n) is 2.84. The van der Waals surface area contributed by atoms with Gasteiger partial charge in [-0.05, 0) is 37.1 Å². The Morgan fingerprint density at radius 1 is 0.944 bits per heavy atom. The van der Waals surface area contributed by atoms with Gasteiger partial charge in [0.1, 0.15) is 11.5 Å². The van der Waals surface area contributed by atoms with Gasteiger partial charge < -0.3 is 11.1 Å². The highest BCUT2D eigenvalue weighted by atomic mass is 19.1. The number of hydrogen-bond donors (Lipinski definition) is 2. The molecule has 2 nitrogen and oxygen atoms in total. The molecule has 0 aliphatic heterocycles. The monoisotopic (exact) mass is 248 g/mol. The normalized spacial score (nSPS) is 10.4. The van der Waals surface area contributed by atoms with E-state index >= 15 is 0 Å². The first-order valence-electron chi connectivity index (χ1n) is 5.57. The molecule has 0 fully saturated rings. The summed E-state index contributed by atoms with van der Waals surface area (Å²) in [5.74, 6) is -1.24. The molecule has 0 unspecified atom stereocenters. The molecule has 0 aromatic heterocycles. The SMILES string of the molecule is Cc1ccc(F)c(Nc2c(C)cccc2N)c1F. The molecule has 0 saturated carbocycles. The first-order valence-corrected chi connectivity index (χ1v) is 5.57. The van der Waals surface area contributed by atoms with Crippen LogP contribution in [-0.2, 0) is 0 Å². The van der Waals surface area contributed by atoms with Crippen molar-refractivity contribution < 1.29 is 8.78 Å². The van der Waals surface area contributed by atoms with E-state index in [-0.39, 0.29) is 5.69 Å². The molecule has 0 radical (unpaired) electrons. The van der Waals surface area contributed by atoms with Crippen molar-refractivity contribution in [2.75, 3.05) is 11.1 Å². The first-order chi connectivity index (χ1) is 8.50. The quantitative estimate of drug-likeness (QED) is 0.791. The van der Waals surface area contributed by atoms with Crippen LogP contribution < -0.4 is 11.1 Å². The molecule has 0 spiro atoms. The van der Waals surface area contributed by atoms with Gasteiger partial charge in [0.05, 0.1) is 11.4 Å². The van der Waals surface area contributed by atoms with E-state index in [1.807, 2.05) is 13.0 Å². The van der Waals surface area contributed by atoms with Crippen molar-refractivity contribution >= 4 is 17.1 Å². The largest absolute Gasteiger partial charge is 0.397 e. The van der Waals surface area contributed by atoms with Crippen LogP contribution in [0.15, 0.2) is 30.3 Å². The van der Waals surface area contributed by atoms with E-state index in [9.17, 15) is 8.78 Å². The van der Waals surface area contributed by atoms with Crippen LogP contribution in [0.4, 0.5) is 25.8 Å². The van der Waals surface area contributed by atoms with Crippen molar-refractivity contribution in [1.82, 2.24) is 0 Å². The number of para-hydroxylation sites is 1. The second-order valence-electron chi connectivity index (χ2n) is 4.22. The van der Waals surface area contributed by atoms with Crippen LogP contribution in [0.3, 0.4) is 0 Å². The smallest absolute Gasteiger partial charge is 0.152 e. The second kappa shape index (κ2) is 4.64. The van der Waals surface area contributed by atoms with Crippen LogP contribution in [0.1, 0.15) is 11.1 Å². The number of nitrogen functional groups attached to an aromatic ring is 1. The molecule has 0 aliphatic carbocycles. The second-order valence-corrected chi connectivity index (χ2v) is 4.22. The Hall–Kier alpha value is -2.10. The lowest BCUT2D eigenvalue weighted by atomic mass is 10.1. The molecule has 94 valence electrons. The maximum atomic E-state index is 13.9. The molecule has 18 heavy (non-hydrogen) atoms. The van der Waals surface area contributed by atoms with Crippen LogP contribution in [0.5, 0.6) is 0 Å². The van der Waals surface area contributed by atoms with Crippen LogP contribution >= 0.6 is 0 Å². The Bertz CT molecular complexity index is 574. The van der Waals surface area contributed by atoms with E-state index in [2.05, 4.69) is 5.32 Å². The molecule has 0 aliphatic rings. The fourth-order valence-corrected chi connectivity index (χ4v) is 1.76. The van der Waals surface area contributed by atoms with Gasteiger partial charge in [0.15, 0.2) is 5.82 Å². The number of anilines is 3. The van der Waals surface area contributed by atoms with Gasteiger partial charge in [-0.1, -0.05) is 18.2 Å². The van der Waals surface area contributed by atoms with E-state index in [4.69, 9.17) is 5.73 Å². The fourth-order valence-electron chi connectivity index (χ4n) is 1.76. The molecular weight excluding hydrogens is 234 g/mol. The molecule has 2 aromatic rings. The summed E-state index contributed by atoms with van der Waals surface area (Å²) in [4.78, 5) is 0. The Balaban J connectivity index is 2.50. The summed E-state index contributed by atoms with van der Waals surface area (Å²) in [5.41, 5.74) is 7.82. The van der Waals surface area contributed by atoms with E-state index in [1.54, 1.807) is 19.1 Å².